The standard InChI is InChI=1S/C24H32FN5O2/c1-26-24(30-11-9-28(10-12-30)22-5-3-4-6-23(22)31-2)27-18-19-7-8-21(20(25)17-19)29-13-15-32-16-14-29/h3-8,17H,9-16,18H2,1-2H3,(H,26,27). The van der Waals surface area contributed by atoms with Crippen molar-refractivity contribution in [1.82, 2.24) is 10.2 Å². The molecule has 0 aliphatic carbocycles. The number of nitrogens with one attached hydrogen (secondary N) is 1. The second kappa shape index (κ2) is 10.5. The first kappa shape index (κ1) is 22.2. The molecule has 8 heteroatoms. The molecule has 172 valence electrons. The average molecular weight is 442 g/mol. The maximum Gasteiger partial charge on any atom is 0.194 e. The molecule has 32 heavy (non-hydrogen) atoms. The Balaban J connectivity index is 1.32. The predicted octanol–water partition coefficient (Wildman–Crippen LogP) is 2.57. The minimum Gasteiger partial charge on any atom is -0.495 e. The number of hydrogen-bond acceptors (Lipinski definition) is 5. The Bertz CT molecular complexity index is 924. The van der Waals surface area contributed by atoms with Gasteiger partial charge in [0.05, 0.1) is 31.7 Å². The van der Waals surface area contributed by atoms with E-state index in [1.165, 1.54) is 0 Å². The van der Waals surface area contributed by atoms with Crippen LogP contribution in [-0.2, 0) is 11.3 Å². The summed E-state index contributed by atoms with van der Waals surface area (Å²) in [5.41, 5.74) is 2.66. The van der Waals surface area contributed by atoms with Gasteiger partial charge in [0.2, 0.25) is 0 Å². The number of benzene rings is 2. The Kier molecular flexibility index (Phi) is 7.32. The van der Waals surface area contributed by atoms with E-state index in [0.29, 0.717) is 25.4 Å². The second-order valence-electron chi connectivity index (χ2n) is 7.93. The minimum absolute atomic E-state index is 0.188. The van der Waals surface area contributed by atoms with Gasteiger partial charge in [-0.2, -0.15) is 0 Å². The van der Waals surface area contributed by atoms with Crippen molar-refractivity contribution < 1.29 is 13.9 Å². The lowest BCUT2D eigenvalue weighted by Gasteiger charge is -2.38. The summed E-state index contributed by atoms with van der Waals surface area (Å²) in [7, 11) is 3.49. The van der Waals surface area contributed by atoms with Gasteiger partial charge in [-0.05, 0) is 29.8 Å². The van der Waals surface area contributed by atoms with Crippen molar-refractivity contribution in [3.63, 3.8) is 0 Å². The van der Waals surface area contributed by atoms with Crippen molar-refractivity contribution in [2.45, 2.75) is 6.54 Å². The maximum atomic E-state index is 14.7. The van der Waals surface area contributed by atoms with Crippen LogP contribution in [0.3, 0.4) is 0 Å². The van der Waals surface area contributed by atoms with Crippen LogP contribution < -0.4 is 19.9 Å². The minimum atomic E-state index is -0.188. The molecule has 0 unspecified atom stereocenters. The lowest BCUT2D eigenvalue weighted by molar-refractivity contribution is 0.122. The van der Waals surface area contributed by atoms with Gasteiger partial charge in [0.25, 0.3) is 0 Å². The summed E-state index contributed by atoms with van der Waals surface area (Å²) in [5.74, 6) is 1.54. The van der Waals surface area contributed by atoms with E-state index in [1.807, 2.05) is 35.2 Å². The van der Waals surface area contributed by atoms with E-state index >= 15 is 0 Å². The van der Waals surface area contributed by atoms with E-state index < -0.39 is 0 Å². The molecule has 2 aliphatic rings. The molecule has 4 rings (SSSR count). The van der Waals surface area contributed by atoms with Crippen LogP contribution in [-0.4, -0.2) is 77.5 Å². The average Bonchev–Trinajstić information content (AvgIpc) is 2.85. The molecule has 0 aromatic heterocycles. The highest BCUT2D eigenvalue weighted by Gasteiger charge is 2.22. The normalized spacial score (nSPS) is 17.5. The summed E-state index contributed by atoms with van der Waals surface area (Å²) in [4.78, 5) is 11.1. The van der Waals surface area contributed by atoms with Gasteiger partial charge in [0.1, 0.15) is 11.6 Å². The number of hydrogen-bond donors (Lipinski definition) is 1. The Labute approximate surface area is 189 Å². The van der Waals surface area contributed by atoms with Crippen molar-refractivity contribution in [1.29, 1.82) is 0 Å². The van der Waals surface area contributed by atoms with Gasteiger partial charge in [-0.3, -0.25) is 4.99 Å². The van der Waals surface area contributed by atoms with Crippen molar-refractivity contribution in [3.8, 4) is 5.75 Å². The molecule has 1 N–H and O–H groups in total. The Hall–Kier alpha value is -3.00. The number of nitrogens with zero attached hydrogens (tertiary/aromatic N) is 4. The number of para-hydroxylation sites is 2. The molecule has 2 saturated heterocycles. The molecule has 2 aliphatic heterocycles. The van der Waals surface area contributed by atoms with Crippen molar-refractivity contribution >= 4 is 17.3 Å². The van der Waals surface area contributed by atoms with E-state index in [4.69, 9.17) is 9.47 Å². The first-order valence-corrected chi connectivity index (χ1v) is 11.1. The third-order valence-corrected chi connectivity index (χ3v) is 6.03. The maximum absolute atomic E-state index is 14.7. The lowest BCUT2D eigenvalue weighted by atomic mass is 10.1. The third-order valence-electron chi connectivity index (χ3n) is 6.03. The van der Waals surface area contributed by atoms with Gasteiger partial charge in [0, 0.05) is 52.9 Å². The first-order chi connectivity index (χ1) is 15.7. The van der Waals surface area contributed by atoms with Gasteiger partial charge < -0.3 is 29.5 Å². The first-order valence-electron chi connectivity index (χ1n) is 11.1. The predicted molar refractivity (Wildman–Crippen MR) is 126 cm³/mol. The summed E-state index contributed by atoms with van der Waals surface area (Å²) < 4.78 is 25.6. The van der Waals surface area contributed by atoms with Gasteiger partial charge in [-0.1, -0.05) is 18.2 Å². The molecule has 0 amide bonds. The highest BCUT2D eigenvalue weighted by molar-refractivity contribution is 5.80. The van der Waals surface area contributed by atoms with Gasteiger partial charge in [-0.25, -0.2) is 4.39 Å². The zero-order valence-electron chi connectivity index (χ0n) is 18.9. The van der Waals surface area contributed by atoms with E-state index in [-0.39, 0.29) is 5.82 Å². The Morgan fingerprint density at radius 2 is 1.72 bits per heavy atom. The fourth-order valence-electron chi connectivity index (χ4n) is 4.28. The van der Waals surface area contributed by atoms with E-state index in [9.17, 15) is 4.39 Å². The van der Waals surface area contributed by atoms with E-state index in [2.05, 4.69) is 26.2 Å². The van der Waals surface area contributed by atoms with Crippen molar-refractivity contribution in [2.24, 2.45) is 4.99 Å². The lowest BCUT2D eigenvalue weighted by Crippen LogP contribution is -2.52. The summed E-state index contributed by atoms with van der Waals surface area (Å²) >= 11 is 0. The molecule has 0 spiro atoms. The molecule has 2 aromatic carbocycles. The monoisotopic (exact) mass is 441 g/mol. The number of methoxy groups -OCH3 is 1. The van der Waals surface area contributed by atoms with Crippen LogP contribution in [0.1, 0.15) is 5.56 Å². The van der Waals surface area contributed by atoms with Crippen molar-refractivity contribution in [2.75, 3.05) is 76.4 Å². The largest absolute Gasteiger partial charge is 0.495 e. The molecular weight excluding hydrogens is 409 g/mol. The van der Waals surface area contributed by atoms with Crippen LogP contribution in [0.2, 0.25) is 0 Å². The molecule has 2 aromatic rings. The summed E-state index contributed by atoms with van der Waals surface area (Å²) in [6.45, 7) is 6.72. The summed E-state index contributed by atoms with van der Waals surface area (Å²) in [5, 5.41) is 3.39. The van der Waals surface area contributed by atoms with Crippen LogP contribution in [0.15, 0.2) is 47.5 Å². The number of piperazine rings is 1. The van der Waals surface area contributed by atoms with E-state index in [1.54, 1.807) is 20.2 Å². The number of aliphatic imine (C=N–C) groups is 1. The fourth-order valence-corrected chi connectivity index (χ4v) is 4.28. The molecule has 0 saturated carbocycles. The number of morpholine rings is 1. The van der Waals surface area contributed by atoms with Crippen LogP contribution in [0.4, 0.5) is 15.8 Å². The number of rotatable bonds is 5. The van der Waals surface area contributed by atoms with Crippen molar-refractivity contribution in [3.05, 3.63) is 53.8 Å². The summed E-state index contributed by atoms with van der Waals surface area (Å²) in [6.07, 6.45) is 0. The molecular formula is C24H32FN5O2. The number of anilines is 2. The zero-order chi connectivity index (χ0) is 22.3. The number of halogens is 1. The number of guanidine groups is 1. The third kappa shape index (κ3) is 5.07. The zero-order valence-corrected chi connectivity index (χ0v) is 18.9. The van der Waals surface area contributed by atoms with Gasteiger partial charge >= 0.3 is 0 Å². The Morgan fingerprint density at radius 1 is 1.00 bits per heavy atom. The topological polar surface area (TPSA) is 52.6 Å². The highest BCUT2D eigenvalue weighted by atomic mass is 19.1. The van der Waals surface area contributed by atoms with Gasteiger partial charge in [0.15, 0.2) is 5.96 Å². The molecule has 0 radical (unpaired) electrons. The quantitative estimate of drug-likeness (QED) is 0.569. The molecule has 0 bridgehead atoms. The smallest absolute Gasteiger partial charge is 0.194 e. The molecule has 0 atom stereocenters. The van der Waals surface area contributed by atoms with Crippen LogP contribution in [0, 0.1) is 5.82 Å². The molecule has 2 heterocycles. The SMILES string of the molecule is CN=C(NCc1ccc(N2CCOCC2)c(F)c1)N1CCN(c2ccccc2OC)CC1. The second-order valence-corrected chi connectivity index (χ2v) is 7.93. The highest BCUT2D eigenvalue weighted by Crippen LogP contribution is 2.28. The van der Waals surface area contributed by atoms with Crippen LogP contribution >= 0.6 is 0 Å². The Morgan fingerprint density at radius 3 is 2.41 bits per heavy atom. The van der Waals surface area contributed by atoms with E-state index in [0.717, 1.165) is 62.2 Å². The van der Waals surface area contributed by atoms with Crippen LogP contribution in [0.25, 0.3) is 0 Å². The molecule has 7 nitrogen and oxygen atoms in total. The van der Waals surface area contributed by atoms with Gasteiger partial charge in [-0.15, -0.1) is 0 Å². The fraction of sp³-hybridized carbons (Fsp3) is 0.458. The van der Waals surface area contributed by atoms with Crippen LogP contribution in [0.5, 0.6) is 5.75 Å². The summed E-state index contributed by atoms with van der Waals surface area (Å²) in [6, 6.07) is 13.6. The number of ether oxygens (including phenoxy) is 2. The molecule has 2 fully saturated rings.